The molecule has 0 saturated carbocycles. The van der Waals surface area contributed by atoms with Crippen molar-refractivity contribution < 1.29 is 14.3 Å². The zero-order chi connectivity index (χ0) is 24.2. The predicted octanol–water partition coefficient (Wildman–Crippen LogP) is 3.68. The number of anilines is 3. The van der Waals surface area contributed by atoms with Crippen LogP contribution >= 0.6 is 11.6 Å². The number of benzene rings is 1. The Balaban J connectivity index is 1.80. The molecular formula is C24H25ClFN5O3. The molecule has 1 aliphatic heterocycles. The molecule has 3 heterocycles. The summed E-state index contributed by atoms with van der Waals surface area (Å²) in [5.41, 5.74) is 0.956. The lowest BCUT2D eigenvalue weighted by Gasteiger charge is -2.23. The normalized spacial score (nSPS) is 14.2. The maximum absolute atomic E-state index is 14.6. The summed E-state index contributed by atoms with van der Waals surface area (Å²) in [4.78, 5) is 34.7. The smallest absolute Gasteiger partial charge is 0.257 e. The second-order valence-corrected chi connectivity index (χ2v) is 8.63. The number of hydrogen-bond acceptors (Lipinski definition) is 6. The monoisotopic (exact) mass is 485 g/mol. The van der Waals surface area contributed by atoms with Crippen LogP contribution in [0, 0.1) is 5.82 Å². The lowest BCUT2D eigenvalue weighted by Crippen LogP contribution is -2.35. The maximum atomic E-state index is 14.6. The molecular weight excluding hydrogens is 461 g/mol. The van der Waals surface area contributed by atoms with Gasteiger partial charge in [-0.25, -0.2) is 4.39 Å². The second-order valence-electron chi connectivity index (χ2n) is 8.20. The van der Waals surface area contributed by atoms with Crippen LogP contribution in [-0.4, -0.2) is 46.7 Å². The number of aromatic nitrogens is 2. The fourth-order valence-electron chi connectivity index (χ4n) is 3.89. The van der Waals surface area contributed by atoms with Gasteiger partial charge in [0.15, 0.2) is 0 Å². The van der Waals surface area contributed by atoms with E-state index in [1.54, 1.807) is 19.1 Å². The maximum Gasteiger partial charge on any atom is 0.257 e. The summed E-state index contributed by atoms with van der Waals surface area (Å²) >= 11 is 6.06. The van der Waals surface area contributed by atoms with E-state index >= 15 is 0 Å². The zero-order valence-electron chi connectivity index (χ0n) is 18.6. The van der Waals surface area contributed by atoms with Gasteiger partial charge in [0.1, 0.15) is 11.6 Å². The van der Waals surface area contributed by atoms with E-state index in [1.807, 2.05) is 4.90 Å². The largest absolute Gasteiger partial charge is 0.394 e. The van der Waals surface area contributed by atoms with E-state index in [2.05, 4.69) is 20.6 Å². The van der Waals surface area contributed by atoms with Gasteiger partial charge in [-0.3, -0.25) is 14.6 Å². The van der Waals surface area contributed by atoms with Crippen LogP contribution in [0.4, 0.5) is 21.6 Å². The van der Waals surface area contributed by atoms with Crippen molar-refractivity contribution in [2.45, 2.75) is 25.8 Å². The van der Waals surface area contributed by atoms with Crippen LogP contribution in [0.15, 0.2) is 47.5 Å². The quantitative estimate of drug-likeness (QED) is 0.406. The number of rotatable bonds is 7. The molecule has 1 atom stereocenters. The zero-order valence-corrected chi connectivity index (χ0v) is 19.3. The van der Waals surface area contributed by atoms with Gasteiger partial charge in [-0.15, -0.1) is 0 Å². The molecule has 4 N–H and O–H groups in total. The molecule has 178 valence electrons. The van der Waals surface area contributed by atoms with Gasteiger partial charge in [-0.2, -0.15) is 0 Å². The summed E-state index contributed by atoms with van der Waals surface area (Å²) in [6.45, 7) is 2.99. The summed E-state index contributed by atoms with van der Waals surface area (Å²) in [6, 6.07) is 6.80. The number of halogens is 2. The van der Waals surface area contributed by atoms with Crippen molar-refractivity contribution in [2.75, 3.05) is 29.9 Å². The van der Waals surface area contributed by atoms with Crippen LogP contribution in [0.2, 0.25) is 5.02 Å². The van der Waals surface area contributed by atoms with Gasteiger partial charge in [0.05, 0.1) is 29.1 Å². The highest BCUT2D eigenvalue weighted by Gasteiger charge is 2.22. The molecule has 0 aliphatic carbocycles. The van der Waals surface area contributed by atoms with Gasteiger partial charge < -0.3 is 25.6 Å². The molecule has 1 saturated heterocycles. The molecule has 1 unspecified atom stereocenters. The van der Waals surface area contributed by atoms with E-state index in [4.69, 9.17) is 11.6 Å². The van der Waals surface area contributed by atoms with E-state index in [-0.39, 0.29) is 23.3 Å². The number of hydrogen-bond donors (Lipinski definition) is 4. The SMILES string of the molecule is CC(CO)NC(=O)c1cnccc1Nc1cc(-c2cc(Cl)ccc2F)c(=O)[nH]c1N1CCCC1. The summed E-state index contributed by atoms with van der Waals surface area (Å²) in [6.07, 6.45) is 4.91. The highest BCUT2D eigenvalue weighted by Crippen LogP contribution is 2.33. The molecule has 1 aromatic carbocycles. The van der Waals surface area contributed by atoms with Crippen LogP contribution in [-0.2, 0) is 0 Å². The third-order valence-corrected chi connectivity index (χ3v) is 5.88. The fourth-order valence-corrected chi connectivity index (χ4v) is 4.06. The standard InChI is InChI=1S/C24H25ClFN5O3/c1-14(13-32)28-24(34)18-12-27-7-6-20(18)29-21-11-17(16-10-15(25)4-5-19(16)26)23(33)30-22(21)31-8-2-3-9-31/h4-7,10-12,14,32H,2-3,8-9,13H2,1H3,(H,27,29)(H,28,34)(H,30,33). The van der Waals surface area contributed by atoms with Gasteiger partial charge >= 0.3 is 0 Å². The molecule has 1 amide bonds. The minimum atomic E-state index is -0.572. The van der Waals surface area contributed by atoms with Crippen LogP contribution in [0.3, 0.4) is 0 Å². The van der Waals surface area contributed by atoms with Crippen LogP contribution < -0.4 is 21.1 Å². The molecule has 0 bridgehead atoms. The first-order chi connectivity index (χ1) is 16.4. The summed E-state index contributed by atoms with van der Waals surface area (Å²) in [5.74, 6) is -0.428. The van der Waals surface area contributed by atoms with Gasteiger partial charge in [-0.1, -0.05) is 11.6 Å². The number of nitrogens with one attached hydrogen (secondary N) is 3. The number of aliphatic hydroxyl groups is 1. The topological polar surface area (TPSA) is 110 Å². The predicted molar refractivity (Wildman–Crippen MR) is 130 cm³/mol. The Kier molecular flexibility index (Phi) is 7.14. The minimum Gasteiger partial charge on any atom is -0.394 e. The van der Waals surface area contributed by atoms with Crippen molar-refractivity contribution in [3.63, 3.8) is 0 Å². The lowest BCUT2D eigenvalue weighted by atomic mass is 10.1. The van der Waals surface area contributed by atoms with Crippen molar-refractivity contribution in [3.8, 4) is 11.1 Å². The Morgan fingerprint density at radius 3 is 2.74 bits per heavy atom. The molecule has 10 heteroatoms. The third-order valence-electron chi connectivity index (χ3n) is 5.65. The molecule has 8 nitrogen and oxygen atoms in total. The molecule has 3 aromatic rings. The second kappa shape index (κ2) is 10.2. The van der Waals surface area contributed by atoms with Crippen LogP contribution in [0.25, 0.3) is 11.1 Å². The summed E-state index contributed by atoms with van der Waals surface area (Å²) in [7, 11) is 0. The Hall–Kier alpha value is -3.43. The first kappa shape index (κ1) is 23.7. The number of aromatic amines is 1. The Bertz CT molecular complexity index is 1260. The Morgan fingerprint density at radius 2 is 2.00 bits per heavy atom. The van der Waals surface area contributed by atoms with Crippen LogP contribution in [0.1, 0.15) is 30.1 Å². The highest BCUT2D eigenvalue weighted by atomic mass is 35.5. The van der Waals surface area contributed by atoms with Crippen molar-refractivity contribution in [1.82, 2.24) is 15.3 Å². The average Bonchev–Trinajstić information content (AvgIpc) is 3.36. The molecule has 0 spiro atoms. The minimum absolute atomic E-state index is 0.0780. The number of amides is 1. The highest BCUT2D eigenvalue weighted by molar-refractivity contribution is 6.30. The molecule has 1 aliphatic rings. The van der Waals surface area contributed by atoms with Crippen molar-refractivity contribution in [3.05, 3.63) is 69.5 Å². The molecule has 34 heavy (non-hydrogen) atoms. The van der Waals surface area contributed by atoms with Gasteiger partial charge in [0, 0.05) is 42.1 Å². The van der Waals surface area contributed by atoms with E-state index in [1.165, 1.54) is 30.6 Å². The van der Waals surface area contributed by atoms with Gasteiger partial charge in [0.25, 0.3) is 11.5 Å². The van der Waals surface area contributed by atoms with Crippen molar-refractivity contribution in [1.29, 1.82) is 0 Å². The Morgan fingerprint density at radius 1 is 1.24 bits per heavy atom. The van der Waals surface area contributed by atoms with Gasteiger partial charge in [0.2, 0.25) is 0 Å². The van der Waals surface area contributed by atoms with Crippen molar-refractivity contribution in [2.24, 2.45) is 0 Å². The molecule has 4 rings (SSSR count). The summed E-state index contributed by atoms with van der Waals surface area (Å²) in [5, 5.41) is 15.5. The average molecular weight is 486 g/mol. The van der Waals surface area contributed by atoms with E-state index < -0.39 is 23.3 Å². The number of carbonyl (C=O) groups is 1. The summed E-state index contributed by atoms with van der Waals surface area (Å²) < 4.78 is 14.6. The number of nitrogens with zero attached hydrogens (tertiary/aromatic N) is 2. The number of H-pyrrole nitrogens is 1. The lowest BCUT2D eigenvalue weighted by molar-refractivity contribution is 0.0923. The molecule has 2 aromatic heterocycles. The fraction of sp³-hybridized carbons (Fsp3) is 0.292. The first-order valence-corrected chi connectivity index (χ1v) is 11.4. The van der Waals surface area contributed by atoms with Crippen LogP contribution in [0.5, 0.6) is 0 Å². The number of pyridine rings is 2. The third kappa shape index (κ3) is 5.05. The van der Waals surface area contributed by atoms with E-state index in [0.717, 1.165) is 25.9 Å². The number of carbonyl (C=O) groups excluding carboxylic acids is 1. The first-order valence-electron chi connectivity index (χ1n) is 11.0. The Labute approximate surface area is 200 Å². The molecule has 1 fully saturated rings. The van der Waals surface area contributed by atoms with Crippen molar-refractivity contribution >= 4 is 34.7 Å². The molecule has 0 radical (unpaired) electrons. The van der Waals surface area contributed by atoms with Gasteiger partial charge in [-0.05, 0) is 50.1 Å². The van der Waals surface area contributed by atoms with E-state index in [9.17, 15) is 19.1 Å². The number of aliphatic hydroxyl groups excluding tert-OH is 1. The van der Waals surface area contributed by atoms with E-state index in [0.29, 0.717) is 22.2 Å².